The molecule has 0 fully saturated rings. The van der Waals surface area contributed by atoms with E-state index in [1.54, 1.807) is 0 Å². The average molecular weight is 199 g/mol. The van der Waals surface area contributed by atoms with Crippen molar-refractivity contribution in [2.45, 2.75) is 60.4 Å². The minimum atomic E-state index is 0.385. The van der Waals surface area contributed by atoms with E-state index in [0.29, 0.717) is 12.0 Å². The lowest BCUT2D eigenvalue weighted by molar-refractivity contribution is 0.247. The largest absolute Gasteiger partial charge is 0.327 e. The lowest BCUT2D eigenvalue weighted by Crippen LogP contribution is -2.32. The van der Waals surface area contributed by atoms with Crippen molar-refractivity contribution >= 4 is 0 Å². The van der Waals surface area contributed by atoms with Gasteiger partial charge in [0.25, 0.3) is 0 Å². The first-order chi connectivity index (χ1) is 6.40. The topological polar surface area (TPSA) is 26.0 Å². The Morgan fingerprint density at radius 3 is 1.79 bits per heavy atom. The van der Waals surface area contributed by atoms with Gasteiger partial charge >= 0.3 is 0 Å². The third-order valence-corrected chi connectivity index (χ3v) is 3.97. The second-order valence-electron chi connectivity index (χ2n) is 5.37. The minimum Gasteiger partial charge on any atom is -0.327 e. The van der Waals surface area contributed by atoms with Gasteiger partial charge in [0.2, 0.25) is 0 Å². The second kappa shape index (κ2) is 6.44. The SMILES string of the molecule is CCC(C)C(N)CC(C)C(C)C(C)C. The molecule has 1 nitrogen and oxygen atoms in total. The highest BCUT2D eigenvalue weighted by Gasteiger charge is 2.20. The summed E-state index contributed by atoms with van der Waals surface area (Å²) in [5.74, 6) is 2.97. The molecule has 0 spiro atoms. The summed E-state index contributed by atoms with van der Waals surface area (Å²) in [7, 11) is 0. The van der Waals surface area contributed by atoms with E-state index in [-0.39, 0.29) is 0 Å². The summed E-state index contributed by atoms with van der Waals surface area (Å²) >= 11 is 0. The maximum Gasteiger partial charge on any atom is 0.00670 e. The molecule has 86 valence electrons. The molecule has 0 saturated heterocycles. The highest BCUT2D eigenvalue weighted by Crippen LogP contribution is 2.25. The van der Waals surface area contributed by atoms with E-state index in [9.17, 15) is 0 Å². The molecule has 4 atom stereocenters. The monoisotopic (exact) mass is 199 g/mol. The molecule has 0 bridgehead atoms. The maximum atomic E-state index is 6.17. The Bertz CT molecular complexity index is 142. The van der Waals surface area contributed by atoms with Crippen molar-refractivity contribution in [1.82, 2.24) is 0 Å². The average Bonchev–Trinajstić information content (AvgIpc) is 2.14. The van der Waals surface area contributed by atoms with Gasteiger partial charge in [-0.25, -0.2) is 0 Å². The van der Waals surface area contributed by atoms with Crippen LogP contribution in [0, 0.1) is 23.7 Å². The van der Waals surface area contributed by atoms with Crippen LogP contribution in [0.15, 0.2) is 0 Å². The van der Waals surface area contributed by atoms with Crippen molar-refractivity contribution in [3.63, 3.8) is 0 Å². The first-order valence-corrected chi connectivity index (χ1v) is 6.15. The number of hydrogen-bond acceptors (Lipinski definition) is 1. The molecule has 4 unspecified atom stereocenters. The molecular formula is C13H29N. The van der Waals surface area contributed by atoms with E-state index in [4.69, 9.17) is 5.73 Å². The molecule has 0 aromatic rings. The van der Waals surface area contributed by atoms with E-state index in [1.165, 1.54) is 12.8 Å². The van der Waals surface area contributed by atoms with E-state index in [2.05, 4.69) is 41.5 Å². The van der Waals surface area contributed by atoms with Crippen LogP contribution in [0.25, 0.3) is 0 Å². The zero-order chi connectivity index (χ0) is 11.3. The Labute approximate surface area is 90.5 Å². The van der Waals surface area contributed by atoms with Crippen molar-refractivity contribution in [1.29, 1.82) is 0 Å². The molecule has 0 aliphatic heterocycles. The molecule has 0 amide bonds. The van der Waals surface area contributed by atoms with Gasteiger partial charge in [0, 0.05) is 6.04 Å². The molecule has 0 aromatic heterocycles. The second-order valence-corrected chi connectivity index (χ2v) is 5.37. The van der Waals surface area contributed by atoms with Crippen LogP contribution in [0.2, 0.25) is 0 Å². The Morgan fingerprint density at radius 2 is 1.43 bits per heavy atom. The van der Waals surface area contributed by atoms with Gasteiger partial charge in [0.15, 0.2) is 0 Å². The van der Waals surface area contributed by atoms with E-state index in [1.807, 2.05) is 0 Å². The third kappa shape index (κ3) is 4.45. The molecule has 0 saturated carbocycles. The normalized spacial score (nSPS) is 20.6. The number of rotatable bonds is 6. The van der Waals surface area contributed by atoms with Gasteiger partial charge in [-0.3, -0.25) is 0 Å². The van der Waals surface area contributed by atoms with Crippen molar-refractivity contribution in [2.24, 2.45) is 29.4 Å². The highest BCUT2D eigenvalue weighted by molar-refractivity contribution is 4.74. The van der Waals surface area contributed by atoms with Gasteiger partial charge in [-0.1, -0.05) is 48.0 Å². The molecule has 0 radical (unpaired) electrons. The van der Waals surface area contributed by atoms with Crippen LogP contribution in [0.1, 0.15) is 54.4 Å². The Kier molecular flexibility index (Phi) is 6.43. The van der Waals surface area contributed by atoms with Crippen molar-refractivity contribution < 1.29 is 0 Å². The van der Waals surface area contributed by atoms with Gasteiger partial charge in [-0.15, -0.1) is 0 Å². The smallest absolute Gasteiger partial charge is 0.00670 e. The zero-order valence-corrected chi connectivity index (χ0v) is 10.9. The molecule has 1 heteroatoms. The molecule has 0 aromatic carbocycles. The van der Waals surface area contributed by atoms with Gasteiger partial charge < -0.3 is 5.73 Å². The van der Waals surface area contributed by atoms with Crippen LogP contribution in [0.3, 0.4) is 0 Å². The van der Waals surface area contributed by atoms with Crippen molar-refractivity contribution in [2.75, 3.05) is 0 Å². The van der Waals surface area contributed by atoms with E-state index >= 15 is 0 Å². The van der Waals surface area contributed by atoms with Gasteiger partial charge in [0.1, 0.15) is 0 Å². The van der Waals surface area contributed by atoms with Crippen molar-refractivity contribution in [3.8, 4) is 0 Å². The molecule has 14 heavy (non-hydrogen) atoms. The van der Waals surface area contributed by atoms with Crippen LogP contribution in [0.5, 0.6) is 0 Å². The molecule has 0 heterocycles. The van der Waals surface area contributed by atoms with Gasteiger partial charge in [-0.2, -0.15) is 0 Å². The van der Waals surface area contributed by atoms with Crippen LogP contribution >= 0.6 is 0 Å². The lowest BCUT2D eigenvalue weighted by atomic mass is 9.80. The number of nitrogens with two attached hydrogens (primary N) is 1. The molecular weight excluding hydrogens is 170 g/mol. The minimum absolute atomic E-state index is 0.385. The summed E-state index contributed by atoms with van der Waals surface area (Å²) in [6.07, 6.45) is 2.37. The fourth-order valence-electron chi connectivity index (χ4n) is 1.84. The Balaban J connectivity index is 3.98. The van der Waals surface area contributed by atoms with E-state index in [0.717, 1.165) is 17.8 Å². The molecule has 0 aliphatic rings. The summed E-state index contributed by atoms with van der Waals surface area (Å²) in [5, 5.41) is 0. The summed E-state index contributed by atoms with van der Waals surface area (Å²) in [4.78, 5) is 0. The maximum absolute atomic E-state index is 6.17. The predicted octanol–water partition coefficient (Wildman–Crippen LogP) is 3.68. The van der Waals surface area contributed by atoms with Crippen LogP contribution in [-0.2, 0) is 0 Å². The zero-order valence-electron chi connectivity index (χ0n) is 10.9. The summed E-state index contributed by atoms with van der Waals surface area (Å²) < 4.78 is 0. The summed E-state index contributed by atoms with van der Waals surface area (Å²) in [6, 6.07) is 0.385. The van der Waals surface area contributed by atoms with Crippen LogP contribution in [-0.4, -0.2) is 6.04 Å². The van der Waals surface area contributed by atoms with Gasteiger partial charge in [0.05, 0.1) is 0 Å². The van der Waals surface area contributed by atoms with E-state index < -0.39 is 0 Å². The summed E-state index contributed by atoms with van der Waals surface area (Å²) in [5.41, 5.74) is 6.17. The first kappa shape index (κ1) is 14.0. The van der Waals surface area contributed by atoms with Crippen LogP contribution < -0.4 is 5.73 Å². The van der Waals surface area contributed by atoms with Crippen molar-refractivity contribution in [3.05, 3.63) is 0 Å². The fourth-order valence-corrected chi connectivity index (χ4v) is 1.84. The predicted molar refractivity (Wildman–Crippen MR) is 65.2 cm³/mol. The third-order valence-electron chi connectivity index (χ3n) is 3.97. The standard InChI is InChI=1S/C13H29N/c1-7-10(4)13(14)8-11(5)12(6)9(2)3/h9-13H,7-8,14H2,1-6H3. The molecule has 2 N–H and O–H groups in total. The van der Waals surface area contributed by atoms with Crippen LogP contribution in [0.4, 0.5) is 0 Å². The molecule has 0 rings (SSSR count). The molecule has 0 aliphatic carbocycles. The number of hydrogen-bond donors (Lipinski definition) is 1. The van der Waals surface area contributed by atoms with Gasteiger partial charge in [-0.05, 0) is 30.1 Å². The Hall–Kier alpha value is -0.0400. The quantitative estimate of drug-likeness (QED) is 0.694. The Morgan fingerprint density at radius 1 is 0.929 bits per heavy atom. The summed E-state index contributed by atoms with van der Waals surface area (Å²) in [6.45, 7) is 13.8. The fraction of sp³-hybridized carbons (Fsp3) is 1.00. The lowest BCUT2D eigenvalue weighted by Gasteiger charge is -2.28. The highest BCUT2D eigenvalue weighted by atomic mass is 14.6. The first-order valence-electron chi connectivity index (χ1n) is 6.15.